The van der Waals surface area contributed by atoms with Crippen molar-refractivity contribution in [2.75, 3.05) is 6.54 Å². The number of nitrogens with zero attached hydrogens (tertiary/aromatic N) is 2. The molecule has 1 aromatic carbocycles. The van der Waals surface area contributed by atoms with Crippen molar-refractivity contribution in [3.8, 4) is 0 Å². The number of unbranched alkanes of at least 4 members (excludes halogenated alkanes) is 1. The second-order valence-electron chi connectivity index (χ2n) is 4.63. The minimum atomic E-state index is -0.0798. The zero-order valence-electron chi connectivity index (χ0n) is 11.5. The summed E-state index contributed by atoms with van der Waals surface area (Å²) in [5.41, 5.74) is 1.56. The highest BCUT2D eigenvalue weighted by Crippen LogP contribution is 2.16. The summed E-state index contributed by atoms with van der Waals surface area (Å²) in [6, 6.07) is 7.62. The third kappa shape index (κ3) is 3.84. The topological polar surface area (TPSA) is 46.9 Å². The summed E-state index contributed by atoms with van der Waals surface area (Å²) >= 11 is 6.11. The largest absolute Gasteiger partial charge is 0.352 e. The molecule has 1 aromatic heterocycles. The summed E-state index contributed by atoms with van der Waals surface area (Å²) in [4.78, 5) is 11.9. The number of carbonyl (C=O) groups excluding carboxylic acids is 1. The third-order valence-corrected chi connectivity index (χ3v) is 3.37. The van der Waals surface area contributed by atoms with Gasteiger partial charge in [-0.25, -0.2) is 0 Å². The van der Waals surface area contributed by atoms with Crippen LogP contribution >= 0.6 is 11.6 Å². The monoisotopic (exact) mass is 291 g/mol. The maximum Gasteiger partial charge on any atom is 0.254 e. The van der Waals surface area contributed by atoms with Gasteiger partial charge in [0.1, 0.15) is 0 Å². The lowest BCUT2D eigenvalue weighted by atomic mass is 10.2. The van der Waals surface area contributed by atoms with Crippen molar-refractivity contribution in [1.82, 2.24) is 15.1 Å². The first-order valence-electron chi connectivity index (χ1n) is 6.74. The van der Waals surface area contributed by atoms with Gasteiger partial charge in [-0.05, 0) is 18.1 Å². The molecule has 0 saturated carbocycles. The summed E-state index contributed by atoms with van der Waals surface area (Å²) in [6.07, 6.45) is 5.37. The van der Waals surface area contributed by atoms with Gasteiger partial charge in [-0.3, -0.25) is 9.48 Å². The molecule has 0 aliphatic heterocycles. The van der Waals surface area contributed by atoms with Gasteiger partial charge in [-0.1, -0.05) is 43.1 Å². The molecule has 0 fully saturated rings. The highest BCUT2D eigenvalue weighted by Gasteiger charge is 2.08. The molecule has 0 spiro atoms. The average molecular weight is 292 g/mol. The second kappa shape index (κ2) is 7.10. The highest BCUT2D eigenvalue weighted by molar-refractivity contribution is 6.31. The van der Waals surface area contributed by atoms with Crippen LogP contribution < -0.4 is 5.32 Å². The van der Waals surface area contributed by atoms with E-state index >= 15 is 0 Å². The predicted octanol–water partition coefficient (Wildman–Crippen LogP) is 3.11. The zero-order valence-corrected chi connectivity index (χ0v) is 12.2. The lowest BCUT2D eigenvalue weighted by Gasteiger charge is -2.04. The number of aromatic nitrogens is 2. The standard InChI is InChI=1S/C15H18ClN3O/c1-2-3-8-17-15(20)13-9-18-19(11-13)10-12-6-4-5-7-14(12)16/h4-7,9,11H,2-3,8,10H2,1H3,(H,17,20). The maximum absolute atomic E-state index is 11.9. The van der Waals surface area contributed by atoms with Crippen LogP contribution in [-0.4, -0.2) is 22.2 Å². The SMILES string of the molecule is CCCCNC(=O)c1cnn(Cc2ccccc2Cl)c1. The number of hydrogen-bond donors (Lipinski definition) is 1. The summed E-state index contributed by atoms with van der Waals surface area (Å²) in [7, 11) is 0. The fourth-order valence-electron chi connectivity index (χ4n) is 1.85. The first-order valence-corrected chi connectivity index (χ1v) is 7.12. The Morgan fingerprint density at radius 2 is 2.20 bits per heavy atom. The van der Waals surface area contributed by atoms with Gasteiger partial charge in [0.2, 0.25) is 0 Å². The molecule has 20 heavy (non-hydrogen) atoms. The highest BCUT2D eigenvalue weighted by atomic mass is 35.5. The van der Waals surface area contributed by atoms with Crippen LogP contribution in [0.5, 0.6) is 0 Å². The van der Waals surface area contributed by atoms with E-state index in [-0.39, 0.29) is 5.91 Å². The molecule has 0 unspecified atom stereocenters. The fraction of sp³-hybridized carbons (Fsp3) is 0.333. The Morgan fingerprint density at radius 3 is 2.95 bits per heavy atom. The first kappa shape index (κ1) is 14.6. The van der Waals surface area contributed by atoms with E-state index in [1.54, 1.807) is 17.1 Å². The van der Waals surface area contributed by atoms with Gasteiger partial charge in [-0.15, -0.1) is 0 Å². The molecule has 1 N–H and O–H groups in total. The smallest absolute Gasteiger partial charge is 0.254 e. The van der Waals surface area contributed by atoms with Crippen LogP contribution in [0.1, 0.15) is 35.7 Å². The average Bonchev–Trinajstić information content (AvgIpc) is 2.90. The molecule has 5 heteroatoms. The Morgan fingerprint density at radius 1 is 1.40 bits per heavy atom. The number of halogens is 1. The van der Waals surface area contributed by atoms with Crippen LogP contribution in [0.15, 0.2) is 36.7 Å². The summed E-state index contributed by atoms with van der Waals surface area (Å²) in [5, 5.41) is 7.77. The molecule has 106 valence electrons. The van der Waals surface area contributed by atoms with Gasteiger partial charge in [0.25, 0.3) is 5.91 Å². The van der Waals surface area contributed by atoms with Crippen molar-refractivity contribution in [3.63, 3.8) is 0 Å². The zero-order chi connectivity index (χ0) is 14.4. The molecule has 0 bridgehead atoms. The number of nitrogens with one attached hydrogen (secondary N) is 1. The van der Waals surface area contributed by atoms with Crippen molar-refractivity contribution >= 4 is 17.5 Å². The summed E-state index contributed by atoms with van der Waals surface area (Å²) in [6.45, 7) is 3.35. The van der Waals surface area contributed by atoms with E-state index in [1.165, 1.54) is 0 Å². The molecule has 1 heterocycles. The minimum absolute atomic E-state index is 0.0798. The fourth-order valence-corrected chi connectivity index (χ4v) is 2.04. The number of rotatable bonds is 6. The number of benzene rings is 1. The van der Waals surface area contributed by atoms with Crippen molar-refractivity contribution in [2.24, 2.45) is 0 Å². The van der Waals surface area contributed by atoms with E-state index in [1.807, 2.05) is 24.3 Å². The number of carbonyl (C=O) groups is 1. The third-order valence-electron chi connectivity index (χ3n) is 3.00. The summed E-state index contributed by atoms with van der Waals surface area (Å²) in [5.74, 6) is -0.0798. The van der Waals surface area contributed by atoms with Gasteiger partial charge in [-0.2, -0.15) is 5.10 Å². The molecule has 0 radical (unpaired) electrons. The molecule has 0 aliphatic rings. The van der Waals surface area contributed by atoms with Crippen LogP contribution in [0.2, 0.25) is 5.02 Å². The molecule has 1 amide bonds. The van der Waals surface area contributed by atoms with Crippen molar-refractivity contribution in [3.05, 3.63) is 52.8 Å². The van der Waals surface area contributed by atoms with E-state index in [4.69, 9.17) is 11.6 Å². The van der Waals surface area contributed by atoms with Gasteiger partial charge >= 0.3 is 0 Å². The Bertz CT molecular complexity index is 580. The Labute approximate surface area is 123 Å². The molecular formula is C15H18ClN3O. The minimum Gasteiger partial charge on any atom is -0.352 e. The van der Waals surface area contributed by atoms with Crippen molar-refractivity contribution in [2.45, 2.75) is 26.3 Å². The molecule has 2 rings (SSSR count). The molecule has 0 atom stereocenters. The Hall–Kier alpha value is -1.81. The lowest BCUT2D eigenvalue weighted by molar-refractivity contribution is 0.0953. The molecular weight excluding hydrogens is 274 g/mol. The van der Waals surface area contributed by atoms with Crippen LogP contribution in [-0.2, 0) is 6.54 Å². The number of hydrogen-bond acceptors (Lipinski definition) is 2. The van der Waals surface area contributed by atoms with Crippen molar-refractivity contribution < 1.29 is 4.79 Å². The Kier molecular flexibility index (Phi) is 5.18. The Balaban J connectivity index is 1.99. The van der Waals surface area contributed by atoms with E-state index in [0.717, 1.165) is 18.4 Å². The normalized spacial score (nSPS) is 10.5. The van der Waals surface area contributed by atoms with Crippen LogP contribution in [0.4, 0.5) is 0 Å². The first-order chi connectivity index (χ1) is 9.70. The molecule has 2 aromatic rings. The quantitative estimate of drug-likeness (QED) is 0.831. The lowest BCUT2D eigenvalue weighted by Crippen LogP contribution is -2.23. The van der Waals surface area contributed by atoms with Gasteiger partial charge in [0, 0.05) is 17.8 Å². The van der Waals surface area contributed by atoms with E-state index in [9.17, 15) is 4.79 Å². The summed E-state index contributed by atoms with van der Waals surface area (Å²) < 4.78 is 1.72. The predicted molar refractivity (Wildman–Crippen MR) is 80.0 cm³/mol. The molecule has 4 nitrogen and oxygen atoms in total. The van der Waals surface area contributed by atoms with Gasteiger partial charge < -0.3 is 5.32 Å². The van der Waals surface area contributed by atoms with Crippen LogP contribution in [0.3, 0.4) is 0 Å². The van der Waals surface area contributed by atoms with Crippen LogP contribution in [0.25, 0.3) is 0 Å². The van der Waals surface area contributed by atoms with Crippen molar-refractivity contribution in [1.29, 1.82) is 0 Å². The van der Waals surface area contributed by atoms with Gasteiger partial charge in [0.05, 0.1) is 18.3 Å². The maximum atomic E-state index is 11.9. The molecule has 0 saturated heterocycles. The van der Waals surface area contributed by atoms with Crippen LogP contribution in [0, 0.1) is 0 Å². The van der Waals surface area contributed by atoms with E-state index in [0.29, 0.717) is 23.7 Å². The van der Waals surface area contributed by atoms with E-state index in [2.05, 4.69) is 17.3 Å². The second-order valence-corrected chi connectivity index (χ2v) is 5.03. The van der Waals surface area contributed by atoms with E-state index < -0.39 is 0 Å². The molecule has 0 aliphatic carbocycles. The van der Waals surface area contributed by atoms with Gasteiger partial charge in [0.15, 0.2) is 0 Å². The number of amides is 1.